The van der Waals surface area contributed by atoms with Crippen molar-refractivity contribution in [2.75, 3.05) is 7.11 Å². The van der Waals surface area contributed by atoms with Crippen LogP contribution >= 0.6 is 11.6 Å². The molecule has 0 saturated heterocycles. The maximum absolute atomic E-state index is 12.7. The van der Waals surface area contributed by atoms with Crippen molar-refractivity contribution in [1.82, 2.24) is 0 Å². The number of methoxy groups -OCH3 is 1. The van der Waals surface area contributed by atoms with Crippen molar-refractivity contribution in [2.45, 2.75) is 5.88 Å². The van der Waals surface area contributed by atoms with Crippen molar-refractivity contribution in [3.63, 3.8) is 0 Å². The van der Waals surface area contributed by atoms with Crippen LogP contribution in [0.2, 0.25) is 0 Å². The van der Waals surface area contributed by atoms with Crippen molar-refractivity contribution in [2.24, 2.45) is 0 Å². The largest absolute Gasteiger partial charge is 0.507 e. The monoisotopic (exact) mass is 302 g/mol. The SMILES string of the molecule is COc1cccc2c1C(=O)c1c(ccc(CCl)c1O)C2=O. The first-order valence-corrected chi connectivity index (χ1v) is 6.80. The smallest absolute Gasteiger partial charge is 0.201 e. The molecule has 0 unspecified atom stereocenters. The van der Waals surface area contributed by atoms with E-state index in [-0.39, 0.29) is 39.7 Å². The summed E-state index contributed by atoms with van der Waals surface area (Å²) in [4.78, 5) is 25.2. The van der Waals surface area contributed by atoms with Crippen molar-refractivity contribution >= 4 is 23.2 Å². The molecule has 4 nitrogen and oxygen atoms in total. The number of benzene rings is 2. The first kappa shape index (κ1) is 13.6. The lowest BCUT2D eigenvalue weighted by molar-refractivity contribution is 0.0974. The third-order valence-corrected chi connectivity index (χ3v) is 3.88. The summed E-state index contributed by atoms with van der Waals surface area (Å²) < 4.78 is 5.16. The molecule has 1 N–H and O–H groups in total. The second-order valence-electron chi connectivity index (χ2n) is 4.67. The average molecular weight is 303 g/mol. The Hall–Kier alpha value is -2.33. The van der Waals surface area contributed by atoms with Gasteiger partial charge >= 0.3 is 0 Å². The van der Waals surface area contributed by atoms with Crippen molar-refractivity contribution < 1.29 is 19.4 Å². The molecule has 0 heterocycles. The fraction of sp³-hybridized carbons (Fsp3) is 0.125. The van der Waals surface area contributed by atoms with Gasteiger partial charge in [0, 0.05) is 16.7 Å². The van der Waals surface area contributed by atoms with E-state index in [4.69, 9.17) is 16.3 Å². The Morgan fingerprint density at radius 3 is 2.43 bits per heavy atom. The first-order chi connectivity index (χ1) is 10.1. The lowest BCUT2D eigenvalue weighted by Gasteiger charge is -2.21. The zero-order valence-electron chi connectivity index (χ0n) is 11.1. The molecular formula is C16H11ClO4. The number of phenolic OH excluding ortho intramolecular Hbond substituents is 1. The molecule has 1 aliphatic carbocycles. The number of rotatable bonds is 2. The minimum atomic E-state index is -0.429. The summed E-state index contributed by atoms with van der Waals surface area (Å²) in [5.74, 6) is -0.611. The molecule has 0 radical (unpaired) electrons. The van der Waals surface area contributed by atoms with Gasteiger partial charge in [0.2, 0.25) is 5.78 Å². The van der Waals surface area contributed by atoms with Crippen molar-refractivity contribution in [1.29, 1.82) is 0 Å². The normalized spacial score (nSPS) is 12.9. The van der Waals surface area contributed by atoms with Crippen molar-refractivity contribution in [3.05, 3.63) is 58.1 Å². The Labute approximate surface area is 125 Å². The quantitative estimate of drug-likeness (QED) is 0.739. The minimum Gasteiger partial charge on any atom is -0.507 e. The van der Waals surface area contributed by atoms with Crippen LogP contribution in [0.25, 0.3) is 0 Å². The van der Waals surface area contributed by atoms with Gasteiger partial charge in [-0.25, -0.2) is 0 Å². The third kappa shape index (κ3) is 1.83. The van der Waals surface area contributed by atoms with E-state index in [9.17, 15) is 14.7 Å². The van der Waals surface area contributed by atoms with Crippen LogP contribution in [-0.4, -0.2) is 23.8 Å². The molecule has 0 spiro atoms. The minimum absolute atomic E-state index is 0.00449. The summed E-state index contributed by atoms with van der Waals surface area (Å²) in [6.07, 6.45) is 0. The number of alkyl halides is 1. The van der Waals surface area contributed by atoms with E-state index in [0.29, 0.717) is 11.3 Å². The molecule has 2 aromatic carbocycles. The highest BCUT2D eigenvalue weighted by molar-refractivity contribution is 6.30. The zero-order valence-corrected chi connectivity index (χ0v) is 11.9. The van der Waals surface area contributed by atoms with E-state index in [1.54, 1.807) is 24.3 Å². The predicted molar refractivity (Wildman–Crippen MR) is 77.5 cm³/mol. The van der Waals surface area contributed by atoms with Gasteiger partial charge < -0.3 is 9.84 Å². The summed E-state index contributed by atoms with van der Waals surface area (Å²) in [6, 6.07) is 7.92. The molecule has 0 saturated carbocycles. The van der Waals surface area contributed by atoms with Gasteiger partial charge in [-0.2, -0.15) is 0 Å². The topological polar surface area (TPSA) is 63.6 Å². The van der Waals surface area contributed by atoms with Crippen LogP contribution in [0.5, 0.6) is 11.5 Å². The zero-order chi connectivity index (χ0) is 15.1. The molecule has 0 amide bonds. The van der Waals surface area contributed by atoms with Gasteiger partial charge in [-0.15, -0.1) is 11.6 Å². The van der Waals surface area contributed by atoms with E-state index in [1.807, 2.05) is 0 Å². The van der Waals surface area contributed by atoms with E-state index >= 15 is 0 Å². The van der Waals surface area contributed by atoms with Crippen LogP contribution in [-0.2, 0) is 5.88 Å². The Kier molecular flexibility index (Phi) is 3.18. The number of phenols is 1. The van der Waals surface area contributed by atoms with Crippen molar-refractivity contribution in [3.8, 4) is 11.5 Å². The lowest BCUT2D eigenvalue weighted by Crippen LogP contribution is -2.22. The molecule has 0 aromatic heterocycles. The number of carbonyl (C=O) groups excluding carboxylic acids is 2. The Morgan fingerprint density at radius 2 is 1.76 bits per heavy atom. The molecule has 3 rings (SSSR count). The summed E-state index contributed by atoms with van der Waals surface area (Å²) in [5, 5.41) is 10.2. The summed E-state index contributed by atoms with van der Waals surface area (Å²) in [5.41, 5.74) is 1.06. The number of ether oxygens (including phenoxy) is 1. The molecule has 0 aliphatic heterocycles. The molecule has 0 atom stereocenters. The van der Waals surface area contributed by atoms with Crippen LogP contribution in [0, 0.1) is 0 Å². The predicted octanol–water partition coefficient (Wildman–Crippen LogP) is 2.92. The fourth-order valence-electron chi connectivity index (χ4n) is 2.56. The van der Waals surface area contributed by atoms with Crippen LogP contribution in [0.4, 0.5) is 0 Å². The molecule has 1 aliphatic rings. The fourth-order valence-corrected chi connectivity index (χ4v) is 2.77. The Bertz CT molecular complexity index is 780. The van der Waals surface area contributed by atoms with Crippen LogP contribution < -0.4 is 4.74 Å². The Morgan fingerprint density at radius 1 is 1.05 bits per heavy atom. The first-order valence-electron chi connectivity index (χ1n) is 6.27. The number of carbonyl (C=O) groups is 2. The Balaban J connectivity index is 2.34. The van der Waals surface area contributed by atoms with E-state index < -0.39 is 5.78 Å². The van der Waals surface area contributed by atoms with Gasteiger partial charge in [0.15, 0.2) is 5.78 Å². The summed E-state index contributed by atoms with van der Waals surface area (Å²) >= 11 is 5.74. The molecule has 0 bridgehead atoms. The van der Waals surface area contributed by atoms with Gasteiger partial charge in [0.05, 0.1) is 24.1 Å². The highest BCUT2D eigenvalue weighted by atomic mass is 35.5. The number of hydrogen-bond donors (Lipinski definition) is 1. The van der Waals surface area contributed by atoms with Crippen LogP contribution in [0.3, 0.4) is 0 Å². The van der Waals surface area contributed by atoms with Gasteiger partial charge in [-0.1, -0.05) is 18.2 Å². The lowest BCUT2D eigenvalue weighted by atomic mass is 9.82. The number of fused-ring (bicyclic) bond motifs is 2. The number of hydrogen-bond acceptors (Lipinski definition) is 4. The maximum Gasteiger partial charge on any atom is 0.201 e. The highest BCUT2D eigenvalue weighted by Gasteiger charge is 2.34. The average Bonchev–Trinajstić information content (AvgIpc) is 2.51. The molecule has 5 heteroatoms. The number of aromatic hydroxyl groups is 1. The van der Waals surface area contributed by atoms with Gasteiger partial charge in [-0.05, 0) is 12.1 Å². The third-order valence-electron chi connectivity index (χ3n) is 3.59. The molecule has 2 aromatic rings. The van der Waals surface area contributed by atoms with E-state index in [1.165, 1.54) is 13.2 Å². The van der Waals surface area contributed by atoms with Gasteiger partial charge in [-0.3, -0.25) is 9.59 Å². The van der Waals surface area contributed by atoms with Gasteiger partial charge in [0.25, 0.3) is 0 Å². The molecule has 0 fully saturated rings. The second-order valence-corrected chi connectivity index (χ2v) is 4.94. The highest BCUT2D eigenvalue weighted by Crippen LogP contribution is 2.38. The molecule has 106 valence electrons. The van der Waals surface area contributed by atoms with Gasteiger partial charge in [0.1, 0.15) is 11.5 Å². The summed E-state index contributed by atoms with van der Waals surface area (Å²) in [7, 11) is 1.43. The van der Waals surface area contributed by atoms with Crippen LogP contribution in [0.1, 0.15) is 37.4 Å². The summed E-state index contributed by atoms with van der Waals surface area (Å²) in [6.45, 7) is 0. The maximum atomic E-state index is 12.7. The second kappa shape index (κ2) is 4.90. The molecular weight excluding hydrogens is 292 g/mol. The molecule has 21 heavy (non-hydrogen) atoms. The van der Waals surface area contributed by atoms with E-state index in [2.05, 4.69) is 0 Å². The number of ketones is 2. The standard InChI is InChI=1S/C16H11ClO4/c1-21-11-4-2-3-9-12(11)16(20)13-10(15(9)19)6-5-8(7-17)14(13)18/h2-6,18H,7H2,1H3. The van der Waals surface area contributed by atoms with Crippen LogP contribution in [0.15, 0.2) is 30.3 Å². The van der Waals surface area contributed by atoms with E-state index in [0.717, 1.165) is 0 Å². The number of halogens is 1.